The number of carboxylic acid groups (broad SMARTS) is 1. The topological polar surface area (TPSA) is 100 Å². The molecule has 0 unspecified atom stereocenters. The number of likely N-dealkylation sites (tertiary alicyclic amines) is 1. The molecule has 1 fully saturated rings. The molecule has 186 valence electrons. The molecule has 1 saturated heterocycles. The van der Waals surface area contributed by atoms with Crippen molar-refractivity contribution in [2.45, 2.75) is 25.7 Å². The summed E-state index contributed by atoms with van der Waals surface area (Å²) in [6, 6.07) is 9.22. The van der Waals surface area contributed by atoms with E-state index in [0.717, 1.165) is 23.3 Å². The minimum Gasteiger partial charge on any atom is -0.493 e. The maximum atomic E-state index is 13.2. The summed E-state index contributed by atoms with van der Waals surface area (Å²) in [5.74, 6) is -0.0846. The minimum absolute atomic E-state index is 0.0458. The molecule has 2 atom stereocenters. The highest BCUT2D eigenvalue weighted by molar-refractivity contribution is 6.03. The Kier molecular flexibility index (Phi) is 7.53. The summed E-state index contributed by atoms with van der Waals surface area (Å²) in [5.41, 5.74) is 3.50. The van der Waals surface area contributed by atoms with Gasteiger partial charge in [0.15, 0.2) is 11.5 Å². The number of piperidine rings is 1. The highest BCUT2D eigenvalue weighted by Gasteiger charge is 2.34. The number of aliphatic carboxylic acids is 1. The fraction of sp³-hybridized carbons (Fsp3) is 0.423. The first-order valence-electron chi connectivity index (χ1n) is 11.7. The van der Waals surface area contributed by atoms with E-state index in [1.807, 2.05) is 12.1 Å². The molecule has 0 bridgehead atoms. The average Bonchev–Trinajstić information content (AvgIpc) is 2.85. The molecular formula is C26H30FN3O5. The standard InChI is InChI=1S/C26H30FN3O5/c1-34-23-12-17-7-9-28-22(21(17)14-24(23)35-2)11-18-15-30(10-8-16(18)13-25(31)32)26(33)29-20-5-3-19(27)4-6-20/h3-6,12,14,16,18H,7-11,13,15H2,1-2H3,(H,29,33)(H,31,32)/t16-,18-/m0/s1. The lowest BCUT2D eigenvalue weighted by Gasteiger charge is -2.38. The minimum atomic E-state index is -0.846. The summed E-state index contributed by atoms with van der Waals surface area (Å²) in [6.45, 7) is 1.51. The van der Waals surface area contributed by atoms with Gasteiger partial charge in [0, 0.05) is 43.0 Å². The number of halogens is 1. The van der Waals surface area contributed by atoms with E-state index in [0.29, 0.717) is 49.7 Å². The summed E-state index contributed by atoms with van der Waals surface area (Å²) >= 11 is 0. The van der Waals surface area contributed by atoms with Crippen LogP contribution in [-0.4, -0.2) is 61.6 Å². The van der Waals surface area contributed by atoms with Crippen molar-refractivity contribution in [3.05, 3.63) is 53.3 Å². The molecule has 0 radical (unpaired) electrons. The molecule has 2 aromatic carbocycles. The van der Waals surface area contributed by atoms with Gasteiger partial charge in [0.2, 0.25) is 0 Å². The lowest BCUT2D eigenvalue weighted by atomic mass is 9.78. The van der Waals surface area contributed by atoms with Gasteiger partial charge < -0.3 is 24.8 Å². The number of ether oxygens (including phenoxy) is 2. The maximum absolute atomic E-state index is 13.2. The number of carbonyl (C=O) groups excluding carboxylic acids is 1. The van der Waals surface area contributed by atoms with E-state index in [4.69, 9.17) is 14.5 Å². The summed E-state index contributed by atoms with van der Waals surface area (Å²) < 4.78 is 24.1. The molecule has 4 rings (SSSR count). The van der Waals surface area contributed by atoms with Crippen LogP contribution in [0.15, 0.2) is 41.4 Å². The number of carbonyl (C=O) groups is 2. The Balaban J connectivity index is 1.53. The Morgan fingerprint density at radius 3 is 2.54 bits per heavy atom. The van der Waals surface area contributed by atoms with Gasteiger partial charge in [-0.1, -0.05) is 0 Å². The predicted molar refractivity (Wildman–Crippen MR) is 130 cm³/mol. The molecule has 8 nitrogen and oxygen atoms in total. The van der Waals surface area contributed by atoms with Crippen LogP contribution < -0.4 is 14.8 Å². The number of methoxy groups -OCH3 is 2. The number of benzene rings is 2. The SMILES string of the molecule is COc1cc2c(cc1OC)C(C[C@H]1CN(C(=O)Nc3ccc(F)cc3)CC[C@H]1CC(=O)O)=NCC2. The van der Waals surface area contributed by atoms with Crippen molar-refractivity contribution in [1.29, 1.82) is 0 Å². The number of urea groups is 1. The van der Waals surface area contributed by atoms with E-state index in [1.54, 1.807) is 19.1 Å². The third-order valence-electron chi connectivity index (χ3n) is 6.77. The summed E-state index contributed by atoms with van der Waals surface area (Å²) in [6.07, 6.45) is 1.97. The van der Waals surface area contributed by atoms with Crippen LogP contribution in [0.3, 0.4) is 0 Å². The summed E-state index contributed by atoms with van der Waals surface area (Å²) in [5, 5.41) is 12.3. The molecule has 0 spiro atoms. The van der Waals surface area contributed by atoms with Crippen LogP contribution in [0.1, 0.15) is 30.4 Å². The predicted octanol–water partition coefficient (Wildman–Crippen LogP) is 4.22. The Morgan fingerprint density at radius 2 is 1.86 bits per heavy atom. The third kappa shape index (κ3) is 5.72. The van der Waals surface area contributed by atoms with E-state index in [9.17, 15) is 19.1 Å². The number of rotatable bonds is 7. The molecule has 2 N–H and O–H groups in total. The molecular weight excluding hydrogens is 453 g/mol. The van der Waals surface area contributed by atoms with Crippen molar-refractivity contribution in [2.75, 3.05) is 39.2 Å². The second kappa shape index (κ2) is 10.8. The number of hydrogen-bond donors (Lipinski definition) is 2. The first kappa shape index (κ1) is 24.5. The highest BCUT2D eigenvalue weighted by atomic mass is 19.1. The van der Waals surface area contributed by atoms with Gasteiger partial charge in [-0.25, -0.2) is 9.18 Å². The molecule has 0 saturated carbocycles. The molecule has 2 amide bonds. The Hall–Kier alpha value is -3.62. The van der Waals surface area contributed by atoms with Crippen LogP contribution in [0.25, 0.3) is 0 Å². The van der Waals surface area contributed by atoms with Gasteiger partial charge in [-0.05, 0) is 73.1 Å². The van der Waals surface area contributed by atoms with Gasteiger partial charge in [0.1, 0.15) is 5.82 Å². The highest BCUT2D eigenvalue weighted by Crippen LogP contribution is 2.36. The zero-order valence-electron chi connectivity index (χ0n) is 19.9. The van der Waals surface area contributed by atoms with Crippen molar-refractivity contribution in [3.8, 4) is 11.5 Å². The Labute approximate surface area is 203 Å². The largest absolute Gasteiger partial charge is 0.493 e. The number of amides is 2. The molecule has 0 aromatic heterocycles. The summed E-state index contributed by atoms with van der Waals surface area (Å²) in [4.78, 5) is 30.9. The first-order valence-corrected chi connectivity index (χ1v) is 11.7. The smallest absolute Gasteiger partial charge is 0.321 e. The second-order valence-electron chi connectivity index (χ2n) is 8.94. The molecule has 2 aliphatic rings. The zero-order chi connectivity index (χ0) is 24.9. The average molecular weight is 484 g/mol. The number of nitrogens with zero attached hydrogens (tertiary/aromatic N) is 2. The number of aliphatic imine (C=N–C) groups is 1. The van der Waals surface area contributed by atoms with Crippen LogP contribution in [0.4, 0.5) is 14.9 Å². The fourth-order valence-corrected chi connectivity index (χ4v) is 4.94. The van der Waals surface area contributed by atoms with E-state index in [-0.39, 0.29) is 30.1 Å². The Morgan fingerprint density at radius 1 is 1.14 bits per heavy atom. The lowest BCUT2D eigenvalue weighted by molar-refractivity contribution is -0.138. The van der Waals surface area contributed by atoms with Crippen molar-refractivity contribution in [3.63, 3.8) is 0 Å². The number of carboxylic acids is 1. The fourth-order valence-electron chi connectivity index (χ4n) is 4.94. The molecule has 2 aromatic rings. The van der Waals surface area contributed by atoms with Crippen LogP contribution >= 0.6 is 0 Å². The molecule has 9 heteroatoms. The monoisotopic (exact) mass is 483 g/mol. The van der Waals surface area contributed by atoms with Gasteiger partial charge in [0.05, 0.1) is 14.2 Å². The van der Waals surface area contributed by atoms with Gasteiger partial charge in [-0.2, -0.15) is 0 Å². The number of hydrogen-bond acceptors (Lipinski definition) is 5. The van der Waals surface area contributed by atoms with Crippen molar-refractivity contribution < 1.29 is 28.6 Å². The maximum Gasteiger partial charge on any atom is 0.321 e. The van der Waals surface area contributed by atoms with Gasteiger partial charge >= 0.3 is 12.0 Å². The van der Waals surface area contributed by atoms with Crippen LogP contribution in [0, 0.1) is 17.7 Å². The molecule has 2 aliphatic heterocycles. The van der Waals surface area contributed by atoms with Gasteiger partial charge in [-0.3, -0.25) is 9.79 Å². The number of fused-ring (bicyclic) bond motifs is 1. The Bertz CT molecular complexity index is 1120. The number of anilines is 1. The normalized spacial score (nSPS) is 19.4. The van der Waals surface area contributed by atoms with Crippen molar-refractivity contribution in [2.24, 2.45) is 16.8 Å². The van der Waals surface area contributed by atoms with E-state index in [2.05, 4.69) is 5.32 Å². The van der Waals surface area contributed by atoms with Crippen molar-refractivity contribution >= 4 is 23.4 Å². The van der Waals surface area contributed by atoms with Crippen LogP contribution in [-0.2, 0) is 11.2 Å². The van der Waals surface area contributed by atoms with Gasteiger partial charge in [-0.15, -0.1) is 0 Å². The van der Waals surface area contributed by atoms with Crippen molar-refractivity contribution in [1.82, 2.24) is 4.90 Å². The quantitative estimate of drug-likeness (QED) is 0.614. The molecule has 2 heterocycles. The van der Waals surface area contributed by atoms with Crippen LogP contribution in [0.2, 0.25) is 0 Å². The second-order valence-corrected chi connectivity index (χ2v) is 8.94. The molecule has 35 heavy (non-hydrogen) atoms. The van der Waals surface area contributed by atoms with E-state index >= 15 is 0 Å². The third-order valence-corrected chi connectivity index (χ3v) is 6.77. The van der Waals surface area contributed by atoms with Gasteiger partial charge in [0.25, 0.3) is 0 Å². The van der Waals surface area contributed by atoms with E-state index in [1.165, 1.54) is 24.3 Å². The lowest BCUT2D eigenvalue weighted by Crippen LogP contribution is -2.46. The van der Waals surface area contributed by atoms with E-state index < -0.39 is 5.97 Å². The summed E-state index contributed by atoms with van der Waals surface area (Å²) in [7, 11) is 3.19. The number of nitrogens with one attached hydrogen (secondary N) is 1. The first-order chi connectivity index (χ1) is 16.9. The molecule has 0 aliphatic carbocycles. The van der Waals surface area contributed by atoms with Crippen LogP contribution in [0.5, 0.6) is 11.5 Å². The zero-order valence-corrected chi connectivity index (χ0v) is 19.9.